The van der Waals surface area contributed by atoms with Gasteiger partial charge in [-0.25, -0.2) is 14.6 Å². The number of benzene rings is 1. The lowest BCUT2D eigenvalue weighted by Gasteiger charge is -2.09. The third-order valence-corrected chi connectivity index (χ3v) is 5.06. The van der Waals surface area contributed by atoms with Gasteiger partial charge in [0.05, 0.1) is 37.9 Å². The van der Waals surface area contributed by atoms with Crippen molar-refractivity contribution in [3.05, 3.63) is 66.4 Å². The molecule has 3 heterocycles. The Morgan fingerprint density at radius 2 is 1.97 bits per heavy atom. The Labute approximate surface area is 191 Å². The molecule has 0 aliphatic carbocycles. The van der Waals surface area contributed by atoms with Crippen LogP contribution in [0.5, 0.6) is 5.75 Å². The second-order valence-electron chi connectivity index (χ2n) is 7.34. The van der Waals surface area contributed by atoms with E-state index in [1.165, 1.54) is 0 Å². The molecule has 0 fully saturated rings. The first-order valence-electron chi connectivity index (χ1n) is 10.9. The molecule has 0 saturated heterocycles. The number of hydrogen-bond acceptors (Lipinski definition) is 7. The monoisotopic (exact) mass is 446 g/mol. The number of carbonyl (C=O) groups is 1. The standard InChI is InChI=1S/C23H26N8O2/c1-3-21-28-22(20-10-9-19(33-2)16-25-20)31(29-21)18-8-6-7-17(15-18)23(32)24-11-4-5-14-30-26-12-13-27-30/h6-10,12-13,15-16H,3-5,11,14H2,1-2H3,(H,24,32). The Bertz CT molecular complexity index is 1190. The van der Waals surface area contributed by atoms with Gasteiger partial charge in [-0.2, -0.15) is 20.1 Å². The molecule has 1 amide bonds. The molecule has 10 nitrogen and oxygen atoms in total. The molecule has 0 unspecified atom stereocenters. The first-order chi connectivity index (χ1) is 16.2. The minimum Gasteiger partial charge on any atom is -0.495 e. The zero-order valence-corrected chi connectivity index (χ0v) is 18.7. The minimum absolute atomic E-state index is 0.131. The first-order valence-corrected chi connectivity index (χ1v) is 10.9. The molecule has 0 spiro atoms. The fraction of sp³-hybridized carbons (Fsp3) is 0.304. The molecule has 0 bridgehead atoms. The number of ether oxygens (including phenoxy) is 1. The van der Waals surface area contributed by atoms with Gasteiger partial charge in [0.25, 0.3) is 5.91 Å². The van der Waals surface area contributed by atoms with Crippen molar-refractivity contribution in [3.8, 4) is 23.0 Å². The van der Waals surface area contributed by atoms with E-state index >= 15 is 0 Å². The van der Waals surface area contributed by atoms with E-state index in [0.29, 0.717) is 41.6 Å². The van der Waals surface area contributed by atoms with Crippen LogP contribution in [0.2, 0.25) is 0 Å². The van der Waals surface area contributed by atoms with Crippen molar-refractivity contribution >= 4 is 5.91 Å². The van der Waals surface area contributed by atoms with Crippen LogP contribution in [0, 0.1) is 0 Å². The van der Waals surface area contributed by atoms with Crippen LogP contribution in [0.4, 0.5) is 0 Å². The molecule has 1 N–H and O–H groups in total. The second kappa shape index (κ2) is 10.5. The van der Waals surface area contributed by atoms with Gasteiger partial charge in [-0.1, -0.05) is 13.0 Å². The summed E-state index contributed by atoms with van der Waals surface area (Å²) in [5, 5.41) is 15.7. The SMILES string of the molecule is CCc1nc(-c2ccc(OC)cn2)n(-c2cccc(C(=O)NCCCCn3nccn3)c2)n1. The van der Waals surface area contributed by atoms with Gasteiger partial charge in [0.1, 0.15) is 11.4 Å². The number of carbonyl (C=O) groups excluding carboxylic acids is 1. The van der Waals surface area contributed by atoms with Gasteiger partial charge in [0, 0.05) is 18.5 Å². The van der Waals surface area contributed by atoms with Crippen molar-refractivity contribution in [1.82, 2.24) is 40.1 Å². The highest BCUT2D eigenvalue weighted by molar-refractivity contribution is 5.94. The molecular weight excluding hydrogens is 420 g/mol. The highest BCUT2D eigenvalue weighted by atomic mass is 16.5. The van der Waals surface area contributed by atoms with E-state index in [-0.39, 0.29) is 5.91 Å². The van der Waals surface area contributed by atoms with Crippen molar-refractivity contribution in [3.63, 3.8) is 0 Å². The number of aryl methyl sites for hydroxylation is 2. The summed E-state index contributed by atoms with van der Waals surface area (Å²) in [7, 11) is 1.60. The number of rotatable bonds is 10. The number of methoxy groups -OCH3 is 1. The fourth-order valence-electron chi connectivity index (χ4n) is 3.30. The second-order valence-corrected chi connectivity index (χ2v) is 7.34. The molecule has 4 rings (SSSR count). The molecule has 170 valence electrons. The molecule has 1 aromatic carbocycles. The Balaban J connectivity index is 1.46. The summed E-state index contributed by atoms with van der Waals surface area (Å²) < 4.78 is 6.92. The number of hydrogen-bond donors (Lipinski definition) is 1. The van der Waals surface area contributed by atoms with Crippen LogP contribution in [0.1, 0.15) is 35.9 Å². The largest absolute Gasteiger partial charge is 0.495 e. The number of nitrogens with zero attached hydrogens (tertiary/aromatic N) is 7. The van der Waals surface area contributed by atoms with E-state index in [4.69, 9.17) is 4.74 Å². The van der Waals surface area contributed by atoms with Gasteiger partial charge in [0.2, 0.25) is 0 Å². The molecule has 0 radical (unpaired) electrons. The zero-order chi connectivity index (χ0) is 23.0. The van der Waals surface area contributed by atoms with Crippen molar-refractivity contribution < 1.29 is 9.53 Å². The maximum atomic E-state index is 12.7. The highest BCUT2D eigenvalue weighted by Crippen LogP contribution is 2.22. The minimum atomic E-state index is -0.131. The normalized spacial score (nSPS) is 10.8. The predicted octanol–water partition coefficient (Wildman–Crippen LogP) is 2.70. The average Bonchev–Trinajstić information content (AvgIpc) is 3.54. The summed E-state index contributed by atoms with van der Waals surface area (Å²) in [5.74, 6) is 1.84. The molecule has 10 heteroatoms. The lowest BCUT2D eigenvalue weighted by atomic mass is 10.2. The van der Waals surface area contributed by atoms with Crippen molar-refractivity contribution in [1.29, 1.82) is 0 Å². The Morgan fingerprint density at radius 1 is 1.12 bits per heavy atom. The van der Waals surface area contributed by atoms with E-state index in [9.17, 15) is 4.79 Å². The van der Waals surface area contributed by atoms with Crippen LogP contribution < -0.4 is 10.1 Å². The number of pyridine rings is 1. The van der Waals surface area contributed by atoms with Gasteiger partial charge in [0.15, 0.2) is 11.6 Å². The third-order valence-electron chi connectivity index (χ3n) is 5.06. The first kappa shape index (κ1) is 22.1. The van der Waals surface area contributed by atoms with E-state index in [0.717, 1.165) is 25.1 Å². The quantitative estimate of drug-likeness (QED) is 0.373. The highest BCUT2D eigenvalue weighted by Gasteiger charge is 2.16. The van der Waals surface area contributed by atoms with Crippen LogP contribution in [-0.2, 0) is 13.0 Å². The molecule has 4 aromatic rings. The topological polar surface area (TPSA) is 113 Å². The van der Waals surface area contributed by atoms with E-state index in [1.54, 1.807) is 41.2 Å². The van der Waals surface area contributed by atoms with Crippen molar-refractivity contribution in [2.24, 2.45) is 0 Å². The Kier molecular flexibility index (Phi) is 7.03. The smallest absolute Gasteiger partial charge is 0.251 e. The third kappa shape index (κ3) is 5.40. The zero-order valence-electron chi connectivity index (χ0n) is 18.7. The van der Waals surface area contributed by atoms with Gasteiger partial charge in [-0.3, -0.25) is 4.79 Å². The Hall–Kier alpha value is -4.08. The fourth-order valence-corrected chi connectivity index (χ4v) is 3.30. The lowest BCUT2D eigenvalue weighted by molar-refractivity contribution is 0.0952. The molecule has 0 aliphatic rings. The van der Waals surface area contributed by atoms with Crippen LogP contribution >= 0.6 is 0 Å². The van der Waals surface area contributed by atoms with Gasteiger partial charge >= 0.3 is 0 Å². The number of aromatic nitrogens is 7. The number of nitrogens with one attached hydrogen (secondary N) is 1. The molecule has 0 aliphatic heterocycles. The van der Waals surface area contributed by atoms with Crippen molar-refractivity contribution in [2.75, 3.05) is 13.7 Å². The number of amides is 1. The maximum Gasteiger partial charge on any atom is 0.251 e. The number of unbranched alkanes of at least 4 members (excludes halogenated alkanes) is 1. The maximum absolute atomic E-state index is 12.7. The molecule has 0 atom stereocenters. The summed E-state index contributed by atoms with van der Waals surface area (Å²) in [6.07, 6.45) is 7.36. The molecule has 33 heavy (non-hydrogen) atoms. The average molecular weight is 447 g/mol. The van der Waals surface area contributed by atoms with E-state index in [1.807, 2.05) is 37.3 Å². The summed E-state index contributed by atoms with van der Waals surface area (Å²) in [4.78, 5) is 23.4. The van der Waals surface area contributed by atoms with Crippen LogP contribution in [0.15, 0.2) is 55.0 Å². The van der Waals surface area contributed by atoms with E-state index in [2.05, 4.69) is 30.6 Å². The predicted molar refractivity (Wildman–Crippen MR) is 122 cm³/mol. The van der Waals surface area contributed by atoms with Crippen molar-refractivity contribution in [2.45, 2.75) is 32.7 Å². The van der Waals surface area contributed by atoms with Gasteiger partial charge in [-0.15, -0.1) is 0 Å². The Morgan fingerprint density at radius 3 is 2.70 bits per heavy atom. The summed E-state index contributed by atoms with van der Waals surface area (Å²) >= 11 is 0. The molecule has 0 saturated carbocycles. The molecular formula is C23H26N8O2. The van der Waals surface area contributed by atoms with Gasteiger partial charge < -0.3 is 10.1 Å². The van der Waals surface area contributed by atoms with Crippen LogP contribution in [-0.4, -0.2) is 54.3 Å². The summed E-state index contributed by atoms with van der Waals surface area (Å²) in [5.41, 5.74) is 1.97. The summed E-state index contributed by atoms with van der Waals surface area (Å²) in [6.45, 7) is 3.30. The summed E-state index contributed by atoms with van der Waals surface area (Å²) in [6, 6.07) is 11.0. The van der Waals surface area contributed by atoms with E-state index < -0.39 is 0 Å². The van der Waals surface area contributed by atoms with Crippen LogP contribution in [0.25, 0.3) is 17.2 Å². The molecule has 3 aromatic heterocycles. The van der Waals surface area contributed by atoms with Crippen LogP contribution in [0.3, 0.4) is 0 Å². The van der Waals surface area contributed by atoms with Gasteiger partial charge in [-0.05, 0) is 43.2 Å². The lowest BCUT2D eigenvalue weighted by Crippen LogP contribution is -2.24.